The van der Waals surface area contributed by atoms with Crippen LogP contribution in [0.3, 0.4) is 0 Å². The van der Waals surface area contributed by atoms with E-state index in [0.717, 1.165) is 26.0 Å². The highest BCUT2D eigenvalue weighted by Gasteiger charge is 2.40. The molecule has 0 spiro atoms. The van der Waals surface area contributed by atoms with E-state index >= 15 is 0 Å². The summed E-state index contributed by atoms with van der Waals surface area (Å²) in [6.07, 6.45) is 13.2. The zero-order valence-corrected chi connectivity index (χ0v) is 17.0. The van der Waals surface area contributed by atoms with E-state index in [0.29, 0.717) is 6.10 Å². The second kappa shape index (κ2) is 12.3. The lowest BCUT2D eigenvalue weighted by atomic mass is 9.65. The molecule has 1 unspecified atom stereocenters. The Labute approximate surface area is 146 Å². The third kappa shape index (κ3) is 9.72. The number of nitrogens with two attached hydrogens (primary N) is 1. The number of hydrogen-bond donors (Lipinski definition) is 1. The Kier molecular flexibility index (Phi) is 12.3. The van der Waals surface area contributed by atoms with E-state index in [2.05, 4.69) is 41.5 Å². The third-order valence-corrected chi connectivity index (χ3v) is 5.73. The van der Waals surface area contributed by atoms with Gasteiger partial charge in [-0.15, -0.1) is 0 Å². The van der Waals surface area contributed by atoms with Crippen LogP contribution in [0.1, 0.15) is 106 Å². The maximum Gasteiger partial charge on any atom is 0.0631 e. The summed E-state index contributed by atoms with van der Waals surface area (Å²) in [7, 11) is 0. The van der Waals surface area contributed by atoms with Crippen molar-refractivity contribution in [3.63, 3.8) is 0 Å². The molecule has 0 saturated carbocycles. The Morgan fingerprint density at radius 3 is 1.91 bits per heavy atom. The van der Waals surface area contributed by atoms with Crippen molar-refractivity contribution in [1.82, 2.24) is 0 Å². The minimum absolute atomic E-state index is 0.199. The highest BCUT2D eigenvalue weighted by atomic mass is 16.5. The van der Waals surface area contributed by atoms with Gasteiger partial charge in [0.05, 0.1) is 6.10 Å². The van der Waals surface area contributed by atoms with E-state index in [1.165, 1.54) is 51.4 Å². The van der Waals surface area contributed by atoms with Crippen LogP contribution in [0.4, 0.5) is 0 Å². The predicted molar refractivity (Wildman–Crippen MR) is 104 cm³/mol. The topological polar surface area (TPSA) is 35.2 Å². The van der Waals surface area contributed by atoms with Crippen molar-refractivity contribution < 1.29 is 4.74 Å². The van der Waals surface area contributed by atoms with Crippen molar-refractivity contribution in [3.05, 3.63) is 0 Å². The molecule has 2 N–H and O–H groups in total. The van der Waals surface area contributed by atoms with Gasteiger partial charge in [-0.1, -0.05) is 80.1 Å². The summed E-state index contributed by atoms with van der Waals surface area (Å²) >= 11 is 0. The molecule has 0 aliphatic carbocycles. The molecule has 0 fully saturated rings. The third-order valence-electron chi connectivity index (χ3n) is 5.73. The highest BCUT2D eigenvalue weighted by Crippen LogP contribution is 2.43. The summed E-state index contributed by atoms with van der Waals surface area (Å²) in [6, 6.07) is 0. The largest absolute Gasteiger partial charge is 0.378 e. The molecule has 0 radical (unpaired) electrons. The molecule has 0 bridgehead atoms. The van der Waals surface area contributed by atoms with Gasteiger partial charge in [0.1, 0.15) is 0 Å². The second-order valence-corrected chi connectivity index (χ2v) is 8.74. The molecule has 0 aliphatic rings. The first-order valence-corrected chi connectivity index (χ1v) is 10.1. The summed E-state index contributed by atoms with van der Waals surface area (Å²) in [5.74, 6) is 0. The van der Waals surface area contributed by atoms with Crippen molar-refractivity contribution in [2.45, 2.75) is 112 Å². The Morgan fingerprint density at radius 2 is 1.35 bits per heavy atom. The molecule has 0 amide bonds. The average Bonchev–Trinajstić information content (AvgIpc) is 2.47. The van der Waals surface area contributed by atoms with E-state index in [9.17, 15) is 0 Å². The predicted octanol–water partition coefficient (Wildman–Crippen LogP) is 6.32. The van der Waals surface area contributed by atoms with Gasteiger partial charge in [-0.25, -0.2) is 0 Å². The van der Waals surface area contributed by atoms with Gasteiger partial charge in [0.15, 0.2) is 0 Å². The fraction of sp³-hybridized carbons (Fsp3) is 1.00. The molecule has 0 aliphatic heterocycles. The van der Waals surface area contributed by atoms with E-state index in [1.54, 1.807) is 0 Å². The Morgan fingerprint density at radius 1 is 0.783 bits per heavy atom. The number of ether oxygens (including phenoxy) is 1. The standard InChI is InChI=1S/C21H45NO/c1-7-8-9-10-11-13-16-19(21(5,6)20(2,3)4)23-18-15-12-14-17-22/h19H,7-18,22H2,1-6H3. The molecule has 140 valence electrons. The van der Waals surface area contributed by atoms with Crippen molar-refractivity contribution >= 4 is 0 Å². The zero-order valence-electron chi connectivity index (χ0n) is 17.0. The van der Waals surface area contributed by atoms with Gasteiger partial charge < -0.3 is 10.5 Å². The molecule has 0 aromatic rings. The summed E-state index contributed by atoms with van der Waals surface area (Å²) in [5.41, 5.74) is 6.03. The van der Waals surface area contributed by atoms with Gasteiger partial charge in [0.25, 0.3) is 0 Å². The Bertz CT molecular complexity index is 268. The molecular weight excluding hydrogens is 282 g/mol. The van der Waals surface area contributed by atoms with Crippen molar-refractivity contribution in [2.24, 2.45) is 16.6 Å². The van der Waals surface area contributed by atoms with E-state index in [4.69, 9.17) is 10.5 Å². The quantitative estimate of drug-likeness (QED) is 0.379. The molecule has 2 nitrogen and oxygen atoms in total. The first-order valence-electron chi connectivity index (χ1n) is 10.1. The van der Waals surface area contributed by atoms with Crippen LogP contribution in [-0.4, -0.2) is 19.3 Å². The van der Waals surface area contributed by atoms with Gasteiger partial charge in [0, 0.05) is 6.61 Å². The number of hydrogen-bond acceptors (Lipinski definition) is 2. The van der Waals surface area contributed by atoms with E-state index in [-0.39, 0.29) is 10.8 Å². The van der Waals surface area contributed by atoms with Crippen molar-refractivity contribution in [3.8, 4) is 0 Å². The summed E-state index contributed by atoms with van der Waals surface area (Å²) in [4.78, 5) is 0. The first kappa shape index (κ1) is 22.9. The zero-order chi connectivity index (χ0) is 17.8. The fourth-order valence-electron chi connectivity index (χ4n) is 2.89. The van der Waals surface area contributed by atoms with Crippen LogP contribution in [0.25, 0.3) is 0 Å². The van der Waals surface area contributed by atoms with Crippen LogP contribution >= 0.6 is 0 Å². The lowest BCUT2D eigenvalue weighted by molar-refractivity contribution is -0.0812. The Balaban J connectivity index is 4.33. The first-order chi connectivity index (χ1) is 10.8. The fourth-order valence-corrected chi connectivity index (χ4v) is 2.89. The molecule has 0 aromatic carbocycles. The molecule has 0 saturated heterocycles. The molecular formula is C21H45NO. The molecule has 0 heterocycles. The SMILES string of the molecule is CCCCCCCCC(OCCCCCN)C(C)(C)C(C)(C)C. The normalized spacial score (nSPS) is 14.2. The van der Waals surface area contributed by atoms with Gasteiger partial charge in [0.2, 0.25) is 0 Å². The molecule has 2 heteroatoms. The van der Waals surface area contributed by atoms with Crippen LogP contribution in [-0.2, 0) is 4.74 Å². The van der Waals surface area contributed by atoms with Crippen molar-refractivity contribution in [2.75, 3.05) is 13.2 Å². The van der Waals surface area contributed by atoms with Crippen LogP contribution in [0.2, 0.25) is 0 Å². The summed E-state index contributed by atoms with van der Waals surface area (Å²) in [6.45, 7) is 15.8. The average molecular weight is 328 g/mol. The van der Waals surface area contributed by atoms with Crippen LogP contribution in [0.5, 0.6) is 0 Å². The lowest BCUT2D eigenvalue weighted by Gasteiger charge is -2.45. The minimum Gasteiger partial charge on any atom is -0.378 e. The van der Waals surface area contributed by atoms with E-state index in [1.807, 2.05) is 0 Å². The van der Waals surface area contributed by atoms with Gasteiger partial charge >= 0.3 is 0 Å². The number of rotatable bonds is 14. The monoisotopic (exact) mass is 327 g/mol. The Hall–Kier alpha value is -0.0800. The maximum absolute atomic E-state index is 6.37. The van der Waals surface area contributed by atoms with Crippen LogP contribution in [0.15, 0.2) is 0 Å². The second-order valence-electron chi connectivity index (χ2n) is 8.74. The maximum atomic E-state index is 6.37. The molecule has 0 rings (SSSR count). The number of unbranched alkanes of at least 4 members (excludes halogenated alkanes) is 7. The smallest absolute Gasteiger partial charge is 0.0631 e. The summed E-state index contributed by atoms with van der Waals surface area (Å²) < 4.78 is 6.37. The molecule has 1 atom stereocenters. The molecule has 23 heavy (non-hydrogen) atoms. The lowest BCUT2D eigenvalue weighted by Crippen LogP contribution is -2.42. The van der Waals surface area contributed by atoms with Gasteiger partial charge in [-0.05, 0) is 43.1 Å². The van der Waals surface area contributed by atoms with Gasteiger partial charge in [-0.2, -0.15) is 0 Å². The van der Waals surface area contributed by atoms with Crippen LogP contribution in [0, 0.1) is 10.8 Å². The summed E-state index contributed by atoms with van der Waals surface area (Å²) in [5, 5.41) is 0. The van der Waals surface area contributed by atoms with Gasteiger partial charge in [-0.3, -0.25) is 0 Å². The minimum atomic E-state index is 0.199. The molecule has 0 aromatic heterocycles. The van der Waals surface area contributed by atoms with Crippen molar-refractivity contribution in [1.29, 1.82) is 0 Å². The van der Waals surface area contributed by atoms with E-state index < -0.39 is 0 Å². The van der Waals surface area contributed by atoms with Crippen LogP contribution < -0.4 is 5.73 Å². The highest BCUT2D eigenvalue weighted by molar-refractivity contribution is 4.89.